The van der Waals surface area contributed by atoms with Crippen molar-refractivity contribution in [3.63, 3.8) is 0 Å². The number of halogens is 1. The van der Waals surface area contributed by atoms with E-state index in [-0.39, 0.29) is 5.82 Å². The van der Waals surface area contributed by atoms with Gasteiger partial charge >= 0.3 is 0 Å². The molecule has 1 aliphatic heterocycles. The molecule has 0 spiro atoms. The van der Waals surface area contributed by atoms with E-state index in [9.17, 15) is 4.39 Å². The second kappa shape index (κ2) is 5.12. The van der Waals surface area contributed by atoms with Crippen molar-refractivity contribution in [3.8, 4) is 0 Å². The van der Waals surface area contributed by atoms with Gasteiger partial charge in [-0.3, -0.25) is 4.99 Å². The first-order valence-corrected chi connectivity index (χ1v) is 5.94. The van der Waals surface area contributed by atoms with Gasteiger partial charge in [-0.1, -0.05) is 18.2 Å². The van der Waals surface area contributed by atoms with Crippen LogP contribution in [0, 0.1) is 5.82 Å². The van der Waals surface area contributed by atoms with Crippen LogP contribution in [0.2, 0.25) is 0 Å². The monoisotopic (exact) mass is 221 g/mol. The standard InChI is InChI=1S/C12H12FNS/c13-11-4-1-3-10(9-11)5-6-12-14-7-2-8-15-12/h1,3-6,9H,2,7-8H2. The lowest BCUT2D eigenvalue weighted by molar-refractivity contribution is 0.627. The van der Waals surface area contributed by atoms with Crippen LogP contribution in [0.4, 0.5) is 4.39 Å². The first kappa shape index (κ1) is 10.4. The molecule has 0 amide bonds. The maximum atomic E-state index is 12.9. The molecule has 1 nitrogen and oxygen atoms in total. The third kappa shape index (κ3) is 3.20. The number of thioether (sulfide) groups is 1. The van der Waals surface area contributed by atoms with Gasteiger partial charge < -0.3 is 0 Å². The smallest absolute Gasteiger partial charge is 0.123 e. The Balaban J connectivity index is 2.07. The molecule has 0 aliphatic carbocycles. The van der Waals surface area contributed by atoms with Crippen molar-refractivity contribution in [1.82, 2.24) is 0 Å². The molecule has 0 saturated carbocycles. The minimum Gasteiger partial charge on any atom is -0.278 e. The minimum atomic E-state index is -0.199. The fraction of sp³-hybridized carbons (Fsp3) is 0.250. The lowest BCUT2D eigenvalue weighted by Crippen LogP contribution is -2.00. The lowest BCUT2D eigenvalue weighted by atomic mass is 10.2. The Kier molecular flexibility index (Phi) is 3.56. The van der Waals surface area contributed by atoms with Gasteiger partial charge in [-0.2, -0.15) is 0 Å². The second-order valence-electron chi connectivity index (χ2n) is 3.31. The summed E-state index contributed by atoms with van der Waals surface area (Å²) in [6.07, 6.45) is 5.01. The normalized spacial score (nSPS) is 16.7. The second-order valence-corrected chi connectivity index (χ2v) is 4.43. The maximum Gasteiger partial charge on any atom is 0.123 e. The summed E-state index contributed by atoms with van der Waals surface area (Å²) in [7, 11) is 0. The largest absolute Gasteiger partial charge is 0.278 e. The van der Waals surface area contributed by atoms with Crippen LogP contribution in [0.3, 0.4) is 0 Å². The Morgan fingerprint density at radius 3 is 3.00 bits per heavy atom. The molecule has 0 fully saturated rings. The number of rotatable bonds is 2. The van der Waals surface area contributed by atoms with Crippen LogP contribution in [0.1, 0.15) is 12.0 Å². The first-order chi connectivity index (χ1) is 7.34. The molecule has 1 heterocycles. The molecule has 0 saturated heterocycles. The fourth-order valence-electron chi connectivity index (χ4n) is 1.35. The van der Waals surface area contributed by atoms with Crippen molar-refractivity contribution in [2.24, 2.45) is 4.99 Å². The Morgan fingerprint density at radius 2 is 2.27 bits per heavy atom. The summed E-state index contributed by atoms with van der Waals surface area (Å²) in [5, 5.41) is 1.05. The van der Waals surface area contributed by atoms with E-state index < -0.39 is 0 Å². The van der Waals surface area contributed by atoms with Gasteiger partial charge in [0, 0.05) is 12.3 Å². The lowest BCUT2D eigenvalue weighted by Gasteiger charge is -2.06. The average Bonchev–Trinajstić information content (AvgIpc) is 2.28. The van der Waals surface area contributed by atoms with Crippen LogP contribution in [-0.2, 0) is 0 Å². The van der Waals surface area contributed by atoms with Gasteiger partial charge in [0.15, 0.2) is 0 Å². The van der Waals surface area contributed by atoms with E-state index in [0.29, 0.717) is 0 Å². The SMILES string of the molecule is Fc1cccc(C=CC2=NCCCS2)c1. The molecule has 1 aliphatic rings. The summed E-state index contributed by atoms with van der Waals surface area (Å²) in [4.78, 5) is 4.37. The summed E-state index contributed by atoms with van der Waals surface area (Å²) in [6.45, 7) is 0.913. The van der Waals surface area contributed by atoms with Crippen molar-refractivity contribution < 1.29 is 4.39 Å². The maximum absolute atomic E-state index is 12.9. The highest BCUT2D eigenvalue weighted by molar-refractivity contribution is 8.14. The third-order valence-corrected chi connectivity index (χ3v) is 3.14. The third-order valence-electron chi connectivity index (χ3n) is 2.09. The number of aliphatic imine (C=N–C) groups is 1. The summed E-state index contributed by atoms with van der Waals surface area (Å²) >= 11 is 1.76. The van der Waals surface area contributed by atoms with E-state index in [0.717, 1.165) is 29.3 Å². The molecule has 3 heteroatoms. The van der Waals surface area contributed by atoms with Crippen LogP contribution in [0.25, 0.3) is 6.08 Å². The van der Waals surface area contributed by atoms with Gasteiger partial charge in [0.25, 0.3) is 0 Å². The first-order valence-electron chi connectivity index (χ1n) is 4.95. The number of benzene rings is 1. The van der Waals surface area contributed by atoms with Crippen LogP contribution in [0.5, 0.6) is 0 Å². The topological polar surface area (TPSA) is 12.4 Å². The average molecular weight is 221 g/mol. The summed E-state index contributed by atoms with van der Waals surface area (Å²) < 4.78 is 12.9. The zero-order valence-electron chi connectivity index (χ0n) is 8.32. The van der Waals surface area contributed by atoms with Crippen molar-refractivity contribution >= 4 is 22.9 Å². The highest BCUT2D eigenvalue weighted by Crippen LogP contribution is 2.14. The van der Waals surface area contributed by atoms with Crippen LogP contribution < -0.4 is 0 Å². The number of hydrogen-bond donors (Lipinski definition) is 0. The minimum absolute atomic E-state index is 0.199. The predicted octanol–water partition coefficient (Wildman–Crippen LogP) is 3.37. The van der Waals surface area contributed by atoms with E-state index in [1.165, 1.54) is 12.1 Å². The molecule has 0 radical (unpaired) electrons. The van der Waals surface area contributed by atoms with E-state index in [1.54, 1.807) is 17.8 Å². The molecular weight excluding hydrogens is 209 g/mol. The zero-order valence-corrected chi connectivity index (χ0v) is 9.14. The van der Waals surface area contributed by atoms with Crippen molar-refractivity contribution in [2.45, 2.75) is 6.42 Å². The van der Waals surface area contributed by atoms with Gasteiger partial charge in [0.2, 0.25) is 0 Å². The van der Waals surface area contributed by atoms with Crippen LogP contribution >= 0.6 is 11.8 Å². The van der Waals surface area contributed by atoms with Crippen molar-refractivity contribution in [1.29, 1.82) is 0 Å². The molecule has 0 N–H and O–H groups in total. The molecule has 15 heavy (non-hydrogen) atoms. The summed E-state index contributed by atoms with van der Waals surface area (Å²) in [5.41, 5.74) is 0.879. The van der Waals surface area contributed by atoms with E-state index >= 15 is 0 Å². The Morgan fingerprint density at radius 1 is 1.33 bits per heavy atom. The highest BCUT2D eigenvalue weighted by Gasteiger charge is 2.01. The fourth-order valence-corrected chi connectivity index (χ4v) is 2.18. The summed E-state index contributed by atoms with van der Waals surface area (Å²) in [5.74, 6) is 0.933. The molecule has 78 valence electrons. The number of nitrogens with zero attached hydrogens (tertiary/aromatic N) is 1. The van der Waals surface area contributed by atoms with Crippen molar-refractivity contribution in [2.75, 3.05) is 12.3 Å². The summed E-state index contributed by atoms with van der Waals surface area (Å²) in [6, 6.07) is 6.56. The number of hydrogen-bond acceptors (Lipinski definition) is 2. The molecule has 0 atom stereocenters. The molecule has 0 aromatic heterocycles. The molecule has 2 rings (SSSR count). The molecule has 0 unspecified atom stereocenters. The van der Waals surface area contributed by atoms with E-state index in [4.69, 9.17) is 0 Å². The zero-order chi connectivity index (χ0) is 10.5. The highest BCUT2D eigenvalue weighted by atomic mass is 32.2. The Labute approximate surface area is 93.1 Å². The predicted molar refractivity (Wildman–Crippen MR) is 64.8 cm³/mol. The van der Waals surface area contributed by atoms with Gasteiger partial charge in [-0.25, -0.2) is 4.39 Å². The van der Waals surface area contributed by atoms with Gasteiger partial charge in [-0.05, 0) is 30.2 Å². The van der Waals surface area contributed by atoms with Crippen LogP contribution in [-0.4, -0.2) is 17.3 Å². The Bertz CT molecular complexity index is 398. The molecule has 1 aromatic carbocycles. The quantitative estimate of drug-likeness (QED) is 0.745. The van der Waals surface area contributed by atoms with Gasteiger partial charge in [0.05, 0.1) is 5.04 Å². The van der Waals surface area contributed by atoms with E-state index in [1.807, 2.05) is 18.2 Å². The molecular formula is C12H12FNS. The van der Waals surface area contributed by atoms with E-state index in [2.05, 4.69) is 4.99 Å². The van der Waals surface area contributed by atoms with Crippen LogP contribution in [0.15, 0.2) is 35.3 Å². The molecule has 1 aromatic rings. The van der Waals surface area contributed by atoms with Gasteiger partial charge in [-0.15, -0.1) is 11.8 Å². The molecule has 0 bridgehead atoms. The Hall–Kier alpha value is -1.09. The van der Waals surface area contributed by atoms with Gasteiger partial charge in [0.1, 0.15) is 5.82 Å². The van der Waals surface area contributed by atoms with Crippen molar-refractivity contribution in [3.05, 3.63) is 41.7 Å².